The van der Waals surface area contributed by atoms with Crippen molar-refractivity contribution in [2.75, 3.05) is 0 Å². The van der Waals surface area contributed by atoms with E-state index in [1.54, 1.807) is 0 Å². The van der Waals surface area contributed by atoms with E-state index in [1.165, 1.54) is 18.2 Å². The maximum absolute atomic E-state index is 13.0. The Hall–Kier alpha value is -1.03. The fourth-order valence-electron chi connectivity index (χ4n) is 1.73. The molecule has 2 nitrogen and oxygen atoms in total. The Morgan fingerprint density at radius 1 is 1.41 bits per heavy atom. The molecule has 0 radical (unpaired) electrons. The summed E-state index contributed by atoms with van der Waals surface area (Å²) in [6, 6.07) is 4.27. The van der Waals surface area contributed by atoms with Crippen LogP contribution in [0.25, 0.3) is 0 Å². The molecule has 0 saturated heterocycles. The van der Waals surface area contributed by atoms with E-state index in [0.717, 1.165) is 6.42 Å². The smallest absolute Gasteiger partial charge is 0.251 e. The predicted molar refractivity (Wildman–Crippen MR) is 70.0 cm³/mol. The van der Waals surface area contributed by atoms with Gasteiger partial charge in [0.15, 0.2) is 0 Å². The zero-order chi connectivity index (χ0) is 13.0. The van der Waals surface area contributed by atoms with Gasteiger partial charge in [-0.2, -0.15) is 0 Å². The van der Waals surface area contributed by atoms with Crippen molar-refractivity contribution in [1.82, 2.24) is 5.32 Å². The van der Waals surface area contributed by atoms with Crippen LogP contribution in [-0.2, 0) is 0 Å². The second-order valence-corrected chi connectivity index (χ2v) is 5.15. The molecule has 0 heterocycles. The fraction of sp³-hybridized carbons (Fsp3) is 0.462. The molecule has 0 aliphatic carbocycles. The third kappa shape index (κ3) is 4.38. The van der Waals surface area contributed by atoms with Gasteiger partial charge in [0.25, 0.3) is 5.91 Å². The number of rotatable bonds is 4. The van der Waals surface area contributed by atoms with Crippen LogP contribution in [-0.4, -0.2) is 11.9 Å². The molecular weight excluding hydrogens is 237 g/mol. The number of carbonyl (C=O) groups excluding carboxylic acids is 1. The van der Waals surface area contributed by atoms with Gasteiger partial charge in [0, 0.05) is 16.5 Å². The molecule has 4 heteroatoms. The van der Waals surface area contributed by atoms with E-state index >= 15 is 0 Å². The van der Waals surface area contributed by atoms with Gasteiger partial charge in [-0.05, 0) is 37.5 Å². The van der Waals surface area contributed by atoms with Crippen molar-refractivity contribution in [3.63, 3.8) is 0 Å². The van der Waals surface area contributed by atoms with Crippen molar-refractivity contribution >= 4 is 18.5 Å². The third-order valence-electron chi connectivity index (χ3n) is 2.41. The van der Waals surface area contributed by atoms with Crippen molar-refractivity contribution in [1.29, 1.82) is 0 Å². The van der Waals surface area contributed by atoms with Crippen molar-refractivity contribution in [2.24, 2.45) is 5.92 Å². The van der Waals surface area contributed by atoms with E-state index in [9.17, 15) is 9.18 Å². The summed E-state index contributed by atoms with van der Waals surface area (Å²) >= 11 is 3.95. The molecule has 0 bridgehead atoms. The molecule has 0 spiro atoms. The molecule has 1 N–H and O–H groups in total. The van der Waals surface area contributed by atoms with Crippen molar-refractivity contribution < 1.29 is 9.18 Å². The topological polar surface area (TPSA) is 29.1 Å². The Labute approximate surface area is 107 Å². The van der Waals surface area contributed by atoms with Gasteiger partial charge in [-0.3, -0.25) is 4.79 Å². The van der Waals surface area contributed by atoms with Crippen LogP contribution in [0.1, 0.15) is 37.6 Å². The average molecular weight is 255 g/mol. The number of hydrogen-bond donors (Lipinski definition) is 2. The number of thiol groups is 1. The molecule has 1 rings (SSSR count). The molecule has 1 atom stereocenters. The fourth-order valence-corrected chi connectivity index (χ4v) is 1.94. The Morgan fingerprint density at radius 2 is 2.06 bits per heavy atom. The highest BCUT2D eigenvalue weighted by atomic mass is 32.1. The second kappa shape index (κ2) is 6.05. The number of benzene rings is 1. The molecule has 17 heavy (non-hydrogen) atoms. The number of carbonyl (C=O) groups is 1. The summed E-state index contributed by atoms with van der Waals surface area (Å²) in [7, 11) is 0. The minimum atomic E-state index is -0.417. The lowest BCUT2D eigenvalue weighted by Gasteiger charge is -2.16. The van der Waals surface area contributed by atoms with Crippen LogP contribution in [0.2, 0.25) is 0 Å². The zero-order valence-electron chi connectivity index (χ0n) is 10.3. The molecular formula is C13H18FNOS. The lowest BCUT2D eigenvalue weighted by molar-refractivity contribution is 0.0936. The Balaban J connectivity index is 2.66. The summed E-state index contributed by atoms with van der Waals surface area (Å²) in [5.41, 5.74) is 0.437. The van der Waals surface area contributed by atoms with Gasteiger partial charge in [-0.1, -0.05) is 13.8 Å². The zero-order valence-corrected chi connectivity index (χ0v) is 11.2. The normalized spacial score (nSPS) is 12.6. The highest BCUT2D eigenvalue weighted by Crippen LogP contribution is 2.14. The number of nitrogens with one attached hydrogen (secondary N) is 1. The summed E-state index contributed by atoms with van der Waals surface area (Å²) in [6.07, 6.45) is 0.917. The maximum Gasteiger partial charge on any atom is 0.251 e. The van der Waals surface area contributed by atoms with Crippen LogP contribution < -0.4 is 5.32 Å². The van der Waals surface area contributed by atoms with Crippen molar-refractivity contribution in [3.05, 3.63) is 29.6 Å². The summed E-state index contributed by atoms with van der Waals surface area (Å²) < 4.78 is 13.0. The predicted octanol–water partition coefficient (Wildman–Crippen LogP) is 3.28. The number of halogens is 1. The monoisotopic (exact) mass is 255 g/mol. The van der Waals surface area contributed by atoms with Gasteiger partial charge in [-0.25, -0.2) is 4.39 Å². The summed E-state index contributed by atoms with van der Waals surface area (Å²) in [4.78, 5) is 12.0. The van der Waals surface area contributed by atoms with E-state index in [2.05, 4.69) is 31.8 Å². The van der Waals surface area contributed by atoms with Crippen molar-refractivity contribution in [3.8, 4) is 0 Å². The molecule has 1 amide bonds. The Bertz CT molecular complexity index is 406. The van der Waals surface area contributed by atoms with Crippen molar-refractivity contribution in [2.45, 2.75) is 38.1 Å². The quantitative estimate of drug-likeness (QED) is 0.794. The maximum atomic E-state index is 13.0. The third-order valence-corrected chi connectivity index (χ3v) is 2.75. The average Bonchev–Trinajstić information content (AvgIpc) is 2.20. The number of hydrogen-bond acceptors (Lipinski definition) is 2. The molecule has 0 aromatic heterocycles. The highest BCUT2D eigenvalue weighted by Gasteiger charge is 2.12. The summed E-state index contributed by atoms with van der Waals surface area (Å²) in [6.45, 7) is 6.17. The van der Waals surface area contributed by atoms with Gasteiger partial charge in [0.2, 0.25) is 0 Å². The standard InChI is InChI=1S/C13H18FNOS/c1-8(2)6-9(3)15-13(16)10-4-5-11(14)12(17)7-10/h4-5,7-9,17H,6H2,1-3H3,(H,15,16). The lowest BCUT2D eigenvalue weighted by Crippen LogP contribution is -2.33. The Morgan fingerprint density at radius 3 is 2.59 bits per heavy atom. The van der Waals surface area contributed by atoms with Gasteiger partial charge in [0.1, 0.15) is 5.82 Å². The first-order valence-corrected chi connectivity index (χ1v) is 6.14. The van der Waals surface area contributed by atoms with Crippen LogP contribution >= 0.6 is 12.6 Å². The molecule has 0 fully saturated rings. The first kappa shape index (κ1) is 14.0. The van der Waals surface area contributed by atoms with Crippen LogP contribution in [0.3, 0.4) is 0 Å². The first-order valence-electron chi connectivity index (χ1n) is 5.69. The molecule has 1 unspecified atom stereocenters. The summed E-state index contributed by atoms with van der Waals surface area (Å²) in [5.74, 6) is -0.0764. The second-order valence-electron chi connectivity index (χ2n) is 4.67. The summed E-state index contributed by atoms with van der Waals surface area (Å²) in [5, 5.41) is 2.88. The molecule has 1 aromatic carbocycles. The van der Waals surface area contributed by atoms with Gasteiger partial charge >= 0.3 is 0 Å². The largest absolute Gasteiger partial charge is 0.350 e. The van der Waals surface area contributed by atoms with E-state index in [0.29, 0.717) is 11.5 Å². The van der Waals surface area contributed by atoms with Gasteiger partial charge in [0.05, 0.1) is 0 Å². The molecule has 0 aliphatic rings. The first-order chi connectivity index (χ1) is 7.90. The van der Waals surface area contributed by atoms with E-state index in [-0.39, 0.29) is 16.8 Å². The van der Waals surface area contributed by atoms with Gasteiger partial charge < -0.3 is 5.32 Å². The molecule has 0 saturated carbocycles. The van der Waals surface area contributed by atoms with Crippen LogP contribution in [0, 0.1) is 11.7 Å². The molecule has 94 valence electrons. The molecule has 0 aliphatic heterocycles. The number of amides is 1. The van der Waals surface area contributed by atoms with E-state index < -0.39 is 5.82 Å². The van der Waals surface area contributed by atoms with E-state index in [1.807, 2.05) is 6.92 Å². The lowest BCUT2D eigenvalue weighted by atomic mass is 10.0. The van der Waals surface area contributed by atoms with Crippen LogP contribution in [0.5, 0.6) is 0 Å². The Kier molecular flexibility index (Phi) is 5.00. The molecule has 1 aromatic rings. The highest BCUT2D eigenvalue weighted by molar-refractivity contribution is 7.80. The minimum Gasteiger partial charge on any atom is -0.350 e. The van der Waals surface area contributed by atoms with Crippen LogP contribution in [0.15, 0.2) is 23.1 Å². The minimum absolute atomic E-state index is 0.107. The van der Waals surface area contributed by atoms with Crippen LogP contribution in [0.4, 0.5) is 4.39 Å². The SMILES string of the molecule is CC(C)CC(C)NC(=O)c1ccc(F)c(S)c1. The van der Waals surface area contributed by atoms with Gasteiger partial charge in [-0.15, -0.1) is 12.6 Å². The van der Waals surface area contributed by atoms with E-state index in [4.69, 9.17) is 0 Å².